The van der Waals surface area contributed by atoms with E-state index < -0.39 is 11.7 Å². The highest BCUT2D eigenvalue weighted by atomic mass is 79.9. The molecule has 0 aliphatic heterocycles. The molecule has 1 aromatic heterocycles. The highest BCUT2D eigenvalue weighted by Crippen LogP contribution is 2.23. The van der Waals surface area contributed by atoms with Gasteiger partial charge >= 0.3 is 0 Å². The van der Waals surface area contributed by atoms with Crippen LogP contribution in [0.5, 0.6) is 0 Å². The number of nitrogens with zero attached hydrogens (tertiary/aromatic N) is 1. The molecule has 0 saturated heterocycles. The van der Waals surface area contributed by atoms with Crippen LogP contribution >= 0.6 is 15.9 Å². The molecule has 0 aliphatic carbocycles. The molecule has 22 heavy (non-hydrogen) atoms. The van der Waals surface area contributed by atoms with Crippen LogP contribution in [0.15, 0.2) is 63.9 Å². The third-order valence-electron chi connectivity index (χ3n) is 2.96. The lowest BCUT2D eigenvalue weighted by atomic mass is 10.1. The highest BCUT2D eigenvalue weighted by molar-refractivity contribution is 9.10. The van der Waals surface area contributed by atoms with E-state index in [-0.39, 0.29) is 5.56 Å². The molecular weight excluding hydrogens is 351 g/mol. The second-order valence-electron chi connectivity index (χ2n) is 4.56. The molecule has 0 spiro atoms. The number of halogens is 2. The molecule has 0 saturated carbocycles. The topological polar surface area (TPSA) is 55.1 Å². The molecule has 0 unspecified atom stereocenters. The Kier molecular flexibility index (Phi) is 4.02. The first kappa shape index (κ1) is 14.5. The maximum absolute atomic E-state index is 13.3. The second kappa shape index (κ2) is 6.11. The van der Waals surface area contributed by atoms with Gasteiger partial charge < -0.3 is 9.73 Å². The van der Waals surface area contributed by atoms with Crippen molar-refractivity contribution in [3.63, 3.8) is 0 Å². The Bertz CT molecular complexity index is 799. The van der Waals surface area contributed by atoms with Crippen molar-refractivity contribution in [2.24, 2.45) is 0 Å². The quantitative estimate of drug-likeness (QED) is 0.748. The predicted octanol–water partition coefficient (Wildman–Crippen LogP) is 4.50. The van der Waals surface area contributed by atoms with E-state index in [4.69, 9.17) is 4.42 Å². The van der Waals surface area contributed by atoms with Crippen LogP contribution in [0.2, 0.25) is 0 Å². The van der Waals surface area contributed by atoms with Crippen LogP contribution in [-0.4, -0.2) is 10.9 Å². The third kappa shape index (κ3) is 3.23. The maximum atomic E-state index is 13.3. The van der Waals surface area contributed by atoms with Gasteiger partial charge in [0.05, 0.1) is 6.20 Å². The van der Waals surface area contributed by atoms with Gasteiger partial charge in [0.25, 0.3) is 5.91 Å². The SMILES string of the molecule is O=C(Nc1cccc(-c2cnco2)c1)c1cc(F)cc(Br)c1. The van der Waals surface area contributed by atoms with Crippen LogP contribution in [0.1, 0.15) is 10.4 Å². The van der Waals surface area contributed by atoms with Gasteiger partial charge in [-0.1, -0.05) is 28.1 Å². The lowest BCUT2D eigenvalue weighted by molar-refractivity contribution is 0.102. The van der Waals surface area contributed by atoms with Gasteiger partial charge in [0.1, 0.15) is 5.82 Å². The fourth-order valence-electron chi connectivity index (χ4n) is 2.00. The van der Waals surface area contributed by atoms with E-state index >= 15 is 0 Å². The number of oxazole rings is 1. The number of nitrogens with one attached hydrogen (secondary N) is 1. The standard InChI is InChI=1S/C16H10BrFN2O2/c17-12-4-11(5-13(18)7-12)16(21)20-14-3-1-2-10(6-14)15-8-19-9-22-15/h1-9H,(H,20,21). The summed E-state index contributed by atoms with van der Waals surface area (Å²) in [7, 11) is 0. The van der Waals surface area contributed by atoms with Gasteiger partial charge in [0, 0.05) is 21.3 Å². The van der Waals surface area contributed by atoms with E-state index in [1.165, 1.54) is 18.5 Å². The Morgan fingerprint density at radius 2 is 2.09 bits per heavy atom. The van der Waals surface area contributed by atoms with E-state index in [0.717, 1.165) is 5.56 Å². The van der Waals surface area contributed by atoms with Crippen molar-refractivity contribution in [2.45, 2.75) is 0 Å². The summed E-state index contributed by atoms with van der Waals surface area (Å²) in [5.41, 5.74) is 1.60. The van der Waals surface area contributed by atoms with E-state index in [2.05, 4.69) is 26.2 Å². The number of benzene rings is 2. The van der Waals surface area contributed by atoms with Crippen molar-refractivity contribution >= 4 is 27.5 Å². The van der Waals surface area contributed by atoms with Gasteiger partial charge in [-0.15, -0.1) is 0 Å². The Balaban J connectivity index is 1.84. The van der Waals surface area contributed by atoms with Gasteiger partial charge in [-0.2, -0.15) is 0 Å². The number of anilines is 1. The van der Waals surface area contributed by atoms with Crippen molar-refractivity contribution in [3.05, 3.63) is 70.9 Å². The highest BCUT2D eigenvalue weighted by Gasteiger charge is 2.10. The molecule has 0 radical (unpaired) electrons. The molecule has 0 bridgehead atoms. The van der Waals surface area contributed by atoms with Crippen molar-refractivity contribution in [1.29, 1.82) is 0 Å². The molecule has 3 rings (SSSR count). The zero-order chi connectivity index (χ0) is 15.5. The zero-order valence-corrected chi connectivity index (χ0v) is 12.8. The molecule has 0 aliphatic rings. The summed E-state index contributed by atoms with van der Waals surface area (Å²) in [6.45, 7) is 0. The summed E-state index contributed by atoms with van der Waals surface area (Å²) in [5.74, 6) is -0.269. The lowest BCUT2D eigenvalue weighted by Gasteiger charge is -2.07. The number of carbonyl (C=O) groups excluding carboxylic acids is 1. The molecule has 1 N–H and O–H groups in total. The number of carbonyl (C=O) groups is 1. The summed E-state index contributed by atoms with van der Waals surface area (Å²) in [4.78, 5) is 16.0. The molecule has 1 amide bonds. The number of hydrogen-bond donors (Lipinski definition) is 1. The lowest BCUT2D eigenvalue weighted by Crippen LogP contribution is -2.12. The van der Waals surface area contributed by atoms with Gasteiger partial charge in [-0.25, -0.2) is 9.37 Å². The Labute approximate surface area is 134 Å². The van der Waals surface area contributed by atoms with Crippen LogP contribution < -0.4 is 5.32 Å². The fraction of sp³-hybridized carbons (Fsp3) is 0. The smallest absolute Gasteiger partial charge is 0.255 e. The summed E-state index contributed by atoms with van der Waals surface area (Å²) in [6, 6.07) is 11.2. The van der Waals surface area contributed by atoms with Crippen LogP contribution in [-0.2, 0) is 0 Å². The molecule has 1 heterocycles. The number of rotatable bonds is 3. The summed E-state index contributed by atoms with van der Waals surface area (Å²) < 4.78 is 19.1. The van der Waals surface area contributed by atoms with Crippen LogP contribution in [0.25, 0.3) is 11.3 Å². The minimum absolute atomic E-state index is 0.233. The summed E-state index contributed by atoms with van der Waals surface area (Å²) >= 11 is 3.17. The normalized spacial score (nSPS) is 10.5. The largest absolute Gasteiger partial charge is 0.444 e. The number of hydrogen-bond acceptors (Lipinski definition) is 3. The van der Waals surface area contributed by atoms with Gasteiger partial charge in [0.2, 0.25) is 0 Å². The third-order valence-corrected chi connectivity index (χ3v) is 3.42. The van der Waals surface area contributed by atoms with Gasteiger partial charge in [-0.3, -0.25) is 4.79 Å². The van der Waals surface area contributed by atoms with Gasteiger partial charge in [0.15, 0.2) is 12.2 Å². The van der Waals surface area contributed by atoms with Crippen LogP contribution in [0.4, 0.5) is 10.1 Å². The van der Waals surface area contributed by atoms with Crippen LogP contribution in [0, 0.1) is 5.82 Å². The second-order valence-corrected chi connectivity index (χ2v) is 5.47. The number of aromatic nitrogens is 1. The first-order valence-electron chi connectivity index (χ1n) is 6.38. The Hall–Kier alpha value is -2.47. The molecular formula is C16H10BrFN2O2. The number of amides is 1. The van der Waals surface area contributed by atoms with Crippen molar-refractivity contribution < 1.29 is 13.6 Å². The van der Waals surface area contributed by atoms with Crippen molar-refractivity contribution in [2.75, 3.05) is 5.32 Å². The molecule has 0 fully saturated rings. The van der Waals surface area contributed by atoms with E-state index in [1.807, 2.05) is 6.07 Å². The summed E-state index contributed by atoms with van der Waals surface area (Å²) in [5, 5.41) is 2.73. The van der Waals surface area contributed by atoms with Gasteiger partial charge in [-0.05, 0) is 30.3 Å². The minimum atomic E-state index is -0.477. The monoisotopic (exact) mass is 360 g/mol. The first-order valence-corrected chi connectivity index (χ1v) is 7.17. The average molecular weight is 361 g/mol. The average Bonchev–Trinajstić information content (AvgIpc) is 3.00. The predicted molar refractivity (Wildman–Crippen MR) is 84.0 cm³/mol. The summed E-state index contributed by atoms with van der Waals surface area (Å²) in [6.07, 6.45) is 2.93. The van der Waals surface area contributed by atoms with E-state index in [0.29, 0.717) is 15.9 Å². The minimum Gasteiger partial charge on any atom is -0.444 e. The molecule has 2 aromatic carbocycles. The van der Waals surface area contributed by atoms with Crippen LogP contribution in [0.3, 0.4) is 0 Å². The maximum Gasteiger partial charge on any atom is 0.255 e. The fourth-order valence-corrected chi connectivity index (χ4v) is 2.46. The Morgan fingerprint density at radius 1 is 1.23 bits per heavy atom. The zero-order valence-electron chi connectivity index (χ0n) is 11.2. The molecule has 110 valence electrons. The van der Waals surface area contributed by atoms with E-state index in [9.17, 15) is 9.18 Å². The molecule has 0 atom stereocenters. The van der Waals surface area contributed by atoms with Crippen molar-refractivity contribution in [3.8, 4) is 11.3 Å². The molecule has 3 aromatic rings. The molecule has 6 heteroatoms. The van der Waals surface area contributed by atoms with Crippen molar-refractivity contribution in [1.82, 2.24) is 4.98 Å². The Morgan fingerprint density at radius 3 is 2.82 bits per heavy atom. The molecule has 4 nitrogen and oxygen atoms in total. The van der Waals surface area contributed by atoms with E-state index in [1.54, 1.807) is 30.5 Å². The first-order chi connectivity index (χ1) is 10.6.